The number of nitrogens with zero attached hydrogens (tertiary/aromatic N) is 2. The van der Waals surface area contributed by atoms with Gasteiger partial charge in [0, 0.05) is 25.2 Å². The lowest BCUT2D eigenvalue weighted by Crippen LogP contribution is -2.55. The number of amides is 1. The molecule has 1 unspecified atom stereocenters. The molecule has 0 radical (unpaired) electrons. The molecule has 2 aliphatic carbocycles. The summed E-state index contributed by atoms with van der Waals surface area (Å²) in [5, 5.41) is 0. The first-order valence-electron chi connectivity index (χ1n) is 9.81. The van der Waals surface area contributed by atoms with Gasteiger partial charge in [0.1, 0.15) is 0 Å². The van der Waals surface area contributed by atoms with Crippen LogP contribution in [0.1, 0.15) is 64.7 Å². The van der Waals surface area contributed by atoms with E-state index in [0.29, 0.717) is 11.4 Å². The first-order valence-corrected chi connectivity index (χ1v) is 9.81. The van der Waals surface area contributed by atoms with E-state index in [4.69, 9.17) is 0 Å². The third kappa shape index (κ3) is 2.97. The Bertz CT molecular complexity index is 488. The van der Waals surface area contributed by atoms with Crippen LogP contribution in [-0.2, 0) is 4.79 Å². The van der Waals surface area contributed by atoms with Crippen LogP contribution < -0.4 is 0 Å². The topological polar surface area (TPSA) is 23.6 Å². The third-order valence-electron chi connectivity index (χ3n) is 7.01. The van der Waals surface area contributed by atoms with Gasteiger partial charge in [0.15, 0.2) is 0 Å². The smallest absolute Gasteiger partial charge is 0.228 e. The van der Waals surface area contributed by atoms with E-state index >= 15 is 0 Å². The molecule has 4 rings (SSSR count). The van der Waals surface area contributed by atoms with Crippen molar-refractivity contribution in [3.8, 4) is 0 Å². The van der Waals surface area contributed by atoms with E-state index in [1.165, 1.54) is 51.6 Å². The Kier molecular flexibility index (Phi) is 4.03. The lowest BCUT2D eigenvalue weighted by molar-refractivity contribution is -0.144. The summed E-state index contributed by atoms with van der Waals surface area (Å²) in [6.45, 7) is 6.78. The number of carbonyl (C=O) groups is 1. The average molecular weight is 316 g/mol. The van der Waals surface area contributed by atoms with Gasteiger partial charge < -0.3 is 4.90 Å². The molecule has 1 saturated carbocycles. The van der Waals surface area contributed by atoms with Gasteiger partial charge in [-0.05, 0) is 70.3 Å². The molecule has 1 atom stereocenters. The summed E-state index contributed by atoms with van der Waals surface area (Å²) in [6.07, 6.45) is 15.5. The molecule has 128 valence electrons. The number of allylic oxidation sites excluding steroid dienone is 2. The zero-order valence-corrected chi connectivity index (χ0v) is 14.7. The van der Waals surface area contributed by atoms with Gasteiger partial charge in [0.2, 0.25) is 5.91 Å². The molecule has 2 aliphatic heterocycles. The highest BCUT2D eigenvalue weighted by atomic mass is 16.2. The standard InChI is InChI=1S/C20H32N2O/c1-19(8-3-2-4-9-19)18(23)21-14-11-20(12-15-21)10-5-13-22(20)16-17-6-7-17/h2-3,17H,4-16H2,1H3. The molecule has 23 heavy (non-hydrogen) atoms. The highest BCUT2D eigenvalue weighted by molar-refractivity contribution is 5.82. The average Bonchev–Trinajstić information content (AvgIpc) is 3.31. The van der Waals surface area contributed by atoms with Gasteiger partial charge >= 0.3 is 0 Å². The molecule has 1 amide bonds. The number of piperidine rings is 1. The Morgan fingerprint density at radius 1 is 1.09 bits per heavy atom. The molecule has 2 heterocycles. The summed E-state index contributed by atoms with van der Waals surface area (Å²) in [5.74, 6) is 1.40. The lowest BCUT2D eigenvalue weighted by Gasteiger charge is -2.47. The molecular weight excluding hydrogens is 284 g/mol. The quantitative estimate of drug-likeness (QED) is 0.743. The summed E-state index contributed by atoms with van der Waals surface area (Å²) >= 11 is 0. The van der Waals surface area contributed by atoms with Crippen LogP contribution in [0.25, 0.3) is 0 Å². The van der Waals surface area contributed by atoms with Crippen molar-refractivity contribution in [2.24, 2.45) is 11.3 Å². The Labute approximate surface area is 141 Å². The van der Waals surface area contributed by atoms with Crippen LogP contribution in [-0.4, -0.2) is 47.4 Å². The number of rotatable bonds is 3. The minimum Gasteiger partial charge on any atom is -0.342 e. The molecule has 4 aliphatic rings. The van der Waals surface area contributed by atoms with E-state index in [1.54, 1.807) is 0 Å². The summed E-state index contributed by atoms with van der Waals surface area (Å²) in [4.78, 5) is 18.0. The second kappa shape index (κ2) is 5.91. The van der Waals surface area contributed by atoms with E-state index < -0.39 is 0 Å². The molecule has 1 spiro atoms. The fourth-order valence-electron chi connectivity index (χ4n) is 5.12. The minimum atomic E-state index is -0.136. The highest BCUT2D eigenvalue weighted by Crippen LogP contribution is 2.43. The second-order valence-corrected chi connectivity index (χ2v) is 8.78. The first kappa shape index (κ1) is 15.7. The molecule has 3 heteroatoms. The van der Waals surface area contributed by atoms with E-state index in [1.807, 2.05) is 0 Å². The Hall–Kier alpha value is -0.830. The minimum absolute atomic E-state index is 0.136. The predicted octanol–water partition coefficient (Wildman–Crippen LogP) is 3.60. The summed E-state index contributed by atoms with van der Waals surface area (Å²) in [6, 6.07) is 0. The molecule has 3 nitrogen and oxygen atoms in total. The monoisotopic (exact) mass is 316 g/mol. The van der Waals surface area contributed by atoms with Crippen LogP contribution >= 0.6 is 0 Å². The zero-order valence-electron chi connectivity index (χ0n) is 14.7. The lowest BCUT2D eigenvalue weighted by atomic mass is 9.76. The first-order chi connectivity index (χ1) is 11.1. The number of hydrogen-bond donors (Lipinski definition) is 0. The van der Waals surface area contributed by atoms with Crippen molar-refractivity contribution in [3.63, 3.8) is 0 Å². The van der Waals surface area contributed by atoms with Gasteiger partial charge in [-0.15, -0.1) is 0 Å². The maximum absolute atomic E-state index is 13.0. The van der Waals surface area contributed by atoms with Crippen LogP contribution in [0.15, 0.2) is 12.2 Å². The van der Waals surface area contributed by atoms with E-state index in [0.717, 1.165) is 38.3 Å². The van der Waals surface area contributed by atoms with Crippen molar-refractivity contribution in [2.45, 2.75) is 70.3 Å². The van der Waals surface area contributed by atoms with Gasteiger partial charge in [-0.2, -0.15) is 0 Å². The summed E-state index contributed by atoms with van der Waals surface area (Å²) in [5.41, 5.74) is 0.301. The van der Waals surface area contributed by atoms with Crippen molar-refractivity contribution in [3.05, 3.63) is 12.2 Å². The number of hydrogen-bond acceptors (Lipinski definition) is 2. The van der Waals surface area contributed by atoms with Crippen LogP contribution in [0.5, 0.6) is 0 Å². The Balaban J connectivity index is 1.38. The molecule has 0 N–H and O–H groups in total. The van der Waals surface area contributed by atoms with Gasteiger partial charge in [0.05, 0.1) is 5.41 Å². The molecule has 2 saturated heterocycles. The van der Waals surface area contributed by atoms with Crippen molar-refractivity contribution < 1.29 is 4.79 Å². The van der Waals surface area contributed by atoms with Gasteiger partial charge in [-0.3, -0.25) is 9.69 Å². The fourth-order valence-corrected chi connectivity index (χ4v) is 5.12. The Morgan fingerprint density at radius 3 is 2.52 bits per heavy atom. The zero-order chi connectivity index (χ0) is 15.9. The fraction of sp³-hybridized carbons (Fsp3) is 0.850. The van der Waals surface area contributed by atoms with Crippen molar-refractivity contribution in [2.75, 3.05) is 26.2 Å². The largest absolute Gasteiger partial charge is 0.342 e. The maximum Gasteiger partial charge on any atom is 0.228 e. The molecule has 0 aromatic rings. The van der Waals surface area contributed by atoms with Gasteiger partial charge in [0.25, 0.3) is 0 Å². The number of likely N-dealkylation sites (tertiary alicyclic amines) is 2. The van der Waals surface area contributed by atoms with Crippen molar-refractivity contribution >= 4 is 5.91 Å². The second-order valence-electron chi connectivity index (χ2n) is 8.78. The molecule has 3 fully saturated rings. The van der Waals surface area contributed by atoms with Gasteiger partial charge in [-0.1, -0.05) is 19.1 Å². The summed E-state index contributed by atoms with van der Waals surface area (Å²) < 4.78 is 0. The molecular formula is C20H32N2O. The Morgan fingerprint density at radius 2 is 1.87 bits per heavy atom. The van der Waals surface area contributed by atoms with E-state index in [9.17, 15) is 4.79 Å². The van der Waals surface area contributed by atoms with Crippen molar-refractivity contribution in [1.82, 2.24) is 9.80 Å². The van der Waals surface area contributed by atoms with E-state index in [2.05, 4.69) is 28.9 Å². The number of carbonyl (C=O) groups excluding carboxylic acids is 1. The van der Waals surface area contributed by atoms with Crippen molar-refractivity contribution in [1.29, 1.82) is 0 Å². The molecule has 0 aromatic heterocycles. The van der Waals surface area contributed by atoms with Crippen LogP contribution in [0.3, 0.4) is 0 Å². The van der Waals surface area contributed by atoms with E-state index in [-0.39, 0.29) is 5.41 Å². The van der Waals surface area contributed by atoms with Crippen LogP contribution in [0, 0.1) is 11.3 Å². The molecule has 0 aromatic carbocycles. The van der Waals surface area contributed by atoms with Crippen LogP contribution in [0.4, 0.5) is 0 Å². The van der Waals surface area contributed by atoms with Gasteiger partial charge in [-0.25, -0.2) is 0 Å². The SMILES string of the molecule is CC1(C(=O)N2CCC3(CCCN3CC3CC3)CC2)CC=CCC1. The predicted molar refractivity (Wildman–Crippen MR) is 93.2 cm³/mol. The highest BCUT2D eigenvalue weighted by Gasteiger charge is 2.46. The normalized spacial score (nSPS) is 34.2. The molecule has 0 bridgehead atoms. The summed E-state index contributed by atoms with van der Waals surface area (Å²) in [7, 11) is 0. The van der Waals surface area contributed by atoms with Crippen LogP contribution in [0.2, 0.25) is 0 Å². The maximum atomic E-state index is 13.0. The third-order valence-corrected chi connectivity index (χ3v) is 7.01.